The molecule has 6 saturated heterocycles. The third-order valence-electron chi connectivity index (χ3n) is 24.7. The molecule has 6 aromatic carbocycles. The minimum atomic E-state index is -2.53. The number of ether oxygens (including phenoxy) is 3. The number of piperazine rings is 3. The zero-order valence-electron chi connectivity index (χ0n) is 75.3. The van der Waals surface area contributed by atoms with Crippen LogP contribution in [-0.4, -0.2) is 276 Å². The van der Waals surface area contributed by atoms with Gasteiger partial charge < -0.3 is 84.7 Å². The molecule has 9 aromatic rings. The molecule has 7 N–H and O–H groups in total. The van der Waals surface area contributed by atoms with Crippen LogP contribution in [0.1, 0.15) is 76.2 Å². The summed E-state index contributed by atoms with van der Waals surface area (Å²) in [4.78, 5) is 50.0. The fourth-order valence-corrected chi connectivity index (χ4v) is 21.3. The van der Waals surface area contributed by atoms with E-state index in [-0.39, 0.29) is 16.4 Å². The van der Waals surface area contributed by atoms with Crippen LogP contribution in [0.3, 0.4) is 0 Å². The summed E-state index contributed by atoms with van der Waals surface area (Å²) in [6.45, 7) is 39.5. The number of para-hydroxylation sites is 2. The second kappa shape index (κ2) is 41.7. The predicted molar refractivity (Wildman–Crippen MR) is 522 cm³/mol. The summed E-state index contributed by atoms with van der Waals surface area (Å²) in [6.07, 6.45) is 10.6. The van der Waals surface area contributed by atoms with Crippen LogP contribution in [-0.2, 0) is 20.1 Å². The molecule has 0 radical (unpaired) electrons. The molecule has 9 heterocycles. The van der Waals surface area contributed by atoms with Crippen LogP contribution >= 0.6 is 56.2 Å². The molecular formula is C92H127Cl3N21O6P3. The molecule has 0 amide bonds. The first-order valence-corrected chi connectivity index (χ1v) is 52.4. The van der Waals surface area contributed by atoms with Crippen molar-refractivity contribution in [2.24, 2.45) is 0 Å². The molecule has 0 bridgehead atoms. The van der Waals surface area contributed by atoms with E-state index in [0.29, 0.717) is 86.9 Å². The number of anilines is 14. The van der Waals surface area contributed by atoms with Crippen molar-refractivity contribution in [2.45, 2.75) is 96.3 Å². The molecule has 672 valence electrons. The summed E-state index contributed by atoms with van der Waals surface area (Å²) in [5.74, 6) is 4.92. The molecule has 6 aliphatic heterocycles. The third-order valence-corrected chi connectivity index (χ3v) is 30.3. The Labute approximate surface area is 754 Å². The monoisotopic (exact) mass is 1820 g/mol. The van der Waals surface area contributed by atoms with Crippen LogP contribution in [0.25, 0.3) is 0 Å². The fraction of sp³-hybridized carbons (Fsp3) is 0.478. The Balaban J connectivity index is 0.000000161. The molecule has 0 aliphatic carbocycles. The number of nitrogen functional groups attached to an aromatic ring is 1. The number of nitrogens with one attached hydrogen (secondary N) is 5. The Morgan fingerprint density at radius 1 is 0.424 bits per heavy atom. The van der Waals surface area contributed by atoms with E-state index >= 15 is 0 Å². The predicted octanol–water partition coefficient (Wildman–Crippen LogP) is 16.2. The zero-order valence-corrected chi connectivity index (χ0v) is 80.3. The zero-order chi connectivity index (χ0) is 89.1. The Morgan fingerprint density at radius 3 is 1.21 bits per heavy atom. The van der Waals surface area contributed by atoms with Crippen LogP contribution in [0.2, 0.25) is 15.1 Å². The largest absolute Gasteiger partial charge is 0.496 e. The van der Waals surface area contributed by atoms with Crippen LogP contribution in [0.15, 0.2) is 134 Å². The molecule has 125 heavy (non-hydrogen) atoms. The van der Waals surface area contributed by atoms with Crippen molar-refractivity contribution in [3.8, 4) is 17.2 Å². The van der Waals surface area contributed by atoms with Crippen molar-refractivity contribution in [3.63, 3.8) is 0 Å². The van der Waals surface area contributed by atoms with Crippen LogP contribution in [0, 0.1) is 6.92 Å². The average molecular weight is 1820 g/mol. The van der Waals surface area contributed by atoms with E-state index in [1.165, 1.54) is 70.4 Å². The minimum Gasteiger partial charge on any atom is -0.496 e. The molecule has 0 saturated carbocycles. The molecule has 0 spiro atoms. The van der Waals surface area contributed by atoms with Crippen molar-refractivity contribution in [3.05, 3.63) is 166 Å². The summed E-state index contributed by atoms with van der Waals surface area (Å²) >= 11 is 19.4. The summed E-state index contributed by atoms with van der Waals surface area (Å²) in [7, 11) is 1.89. The Bertz CT molecular complexity index is 5320. The maximum Gasteiger partial charge on any atom is 0.229 e. The van der Waals surface area contributed by atoms with Crippen molar-refractivity contribution in [2.75, 3.05) is 240 Å². The van der Waals surface area contributed by atoms with E-state index in [4.69, 9.17) is 59.7 Å². The number of piperidine rings is 3. The van der Waals surface area contributed by atoms with Crippen molar-refractivity contribution >= 4 is 153 Å². The first kappa shape index (κ1) is 94.1. The lowest BCUT2D eigenvalue weighted by atomic mass is 10.00. The van der Waals surface area contributed by atoms with Gasteiger partial charge in [0.2, 0.25) is 11.9 Å². The number of hydrogen-bond donors (Lipinski definition) is 6. The van der Waals surface area contributed by atoms with Gasteiger partial charge in [-0.3, -0.25) is 19.6 Å². The Morgan fingerprint density at radius 2 is 0.800 bits per heavy atom. The van der Waals surface area contributed by atoms with Gasteiger partial charge in [-0.15, -0.1) is 0 Å². The number of benzene rings is 6. The number of nitrogens with two attached hydrogens (primary N) is 1. The summed E-state index contributed by atoms with van der Waals surface area (Å²) in [6, 6.07) is 41.5. The van der Waals surface area contributed by atoms with Gasteiger partial charge >= 0.3 is 0 Å². The lowest BCUT2D eigenvalue weighted by Crippen LogP contribution is -2.57. The molecule has 15 rings (SSSR count). The number of hydrogen-bond acceptors (Lipinski definition) is 27. The Hall–Kier alpha value is -8.52. The minimum absolute atomic E-state index is 0.187. The lowest BCUT2D eigenvalue weighted by Gasteiger charge is -2.46. The molecule has 0 unspecified atom stereocenters. The molecule has 3 aromatic heterocycles. The van der Waals surface area contributed by atoms with E-state index < -0.39 is 21.4 Å². The van der Waals surface area contributed by atoms with E-state index in [1.807, 2.05) is 85.8 Å². The van der Waals surface area contributed by atoms with Gasteiger partial charge in [-0.2, -0.15) is 9.97 Å². The van der Waals surface area contributed by atoms with Gasteiger partial charge in [0.05, 0.1) is 62.2 Å². The summed E-state index contributed by atoms with van der Waals surface area (Å²) in [5.41, 5.74) is 15.6. The SMILES string of the molecule is COc1cc(N2CCC(N3CCN(C(C)(C)C)CC3)CC2)ccc1Nc1ncc(Cl)c(Nc2ccccc2P(C)(C)=O)n1.COc1cc(N2CCC(N3CCN(C)CC3)CC2)ccc1Cc1nc(N)c(Cl)c(Nc2ccccc2P(C)(C)=O)n1.COc1cc(N2CCC(N3CCN(C)CC3)CC2)ccc1Nc1ncc(Cl)c(Nc2cc(C)ccc2P(C)(C)=O)n1. The van der Waals surface area contributed by atoms with Crippen molar-refractivity contribution < 1.29 is 27.9 Å². The highest BCUT2D eigenvalue weighted by atomic mass is 35.5. The van der Waals surface area contributed by atoms with Crippen molar-refractivity contribution in [1.29, 1.82) is 0 Å². The number of likely N-dealkylation sites (N-methyl/N-ethyl adjacent to an activating group) is 2. The van der Waals surface area contributed by atoms with Crippen LogP contribution in [0.4, 0.5) is 80.7 Å². The standard InChI is InChI=1S/C32H45ClN7O2P.2C30H41ClN7O2P/c1-32(2,3)40-19-17-39(18-20-40)23-13-15-38(16-14-23)24-11-12-26(28(21-24)42-4)36-31-34-22-25(33)30(37-31)35-27-9-7-8-10-29(27)43(5,6)41;1-21-6-9-28(41(4,5)39)26(18-21)33-29-24(31)20-32-30(35-29)34-25-8-7-23(19-27(25)40-3)37-12-10-22(11-13-37)38-16-14-36(2)15-17-38;1-36-15-17-38(18-16-36)22-11-13-37(14-12-22)23-10-9-21(25(20-23)40-2)19-27-34-29(32)28(31)30(35-27)33-24-7-5-6-8-26(24)41(3,4)39/h7-12,21-23H,13-20H2,1-6H3,(H2,34,35,36,37);6-9,18-20,22H,10-17H2,1-5H3,(H2,32,33,34,35);5-10,20,22H,11-19H2,1-4H3,(H3,32,33,34,35). The molecule has 33 heteroatoms. The second-order valence-electron chi connectivity index (χ2n) is 35.7. The number of nitrogens with zero attached hydrogens (tertiary/aromatic N) is 15. The lowest BCUT2D eigenvalue weighted by molar-refractivity contribution is 0.0364. The van der Waals surface area contributed by atoms with Gasteiger partial charge in [0.15, 0.2) is 17.5 Å². The van der Waals surface area contributed by atoms with Gasteiger partial charge in [-0.25, -0.2) is 19.9 Å². The normalized spacial score (nSPS) is 17.5. The molecular weight excluding hydrogens is 1690 g/mol. The maximum absolute atomic E-state index is 12.9. The van der Waals surface area contributed by atoms with E-state index in [9.17, 15) is 13.7 Å². The summed E-state index contributed by atoms with van der Waals surface area (Å²) in [5, 5.41) is 19.5. The highest BCUT2D eigenvalue weighted by Gasteiger charge is 2.34. The quantitative estimate of drug-likeness (QED) is 0.0307. The smallest absolute Gasteiger partial charge is 0.229 e. The van der Waals surface area contributed by atoms with E-state index in [2.05, 4.69) is 173 Å². The van der Waals surface area contributed by atoms with Gasteiger partial charge in [0.1, 0.15) is 65.4 Å². The van der Waals surface area contributed by atoms with E-state index in [0.717, 1.165) is 159 Å². The molecule has 6 fully saturated rings. The number of rotatable bonds is 24. The average Bonchev–Trinajstić information content (AvgIpc) is 0.811. The van der Waals surface area contributed by atoms with E-state index in [1.54, 1.807) is 73.7 Å². The maximum atomic E-state index is 12.9. The second-order valence-corrected chi connectivity index (χ2v) is 46.4. The first-order chi connectivity index (χ1) is 59.6. The van der Waals surface area contributed by atoms with Gasteiger partial charge in [-0.05, 0) is 193 Å². The Kier molecular flexibility index (Phi) is 31.4. The fourth-order valence-electron chi connectivity index (χ4n) is 17.5. The van der Waals surface area contributed by atoms with Gasteiger partial charge in [0.25, 0.3) is 0 Å². The number of methoxy groups -OCH3 is 3. The molecule has 6 aliphatic rings. The highest BCUT2D eigenvalue weighted by molar-refractivity contribution is 7.71. The third kappa shape index (κ3) is 24.7. The van der Waals surface area contributed by atoms with Crippen molar-refractivity contribution in [1.82, 2.24) is 59.3 Å². The first-order valence-electron chi connectivity index (χ1n) is 43.4. The highest BCUT2D eigenvalue weighted by Crippen LogP contribution is 2.44. The van der Waals surface area contributed by atoms with Gasteiger partial charge in [0, 0.05) is 205 Å². The van der Waals surface area contributed by atoms with Gasteiger partial charge in [-0.1, -0.05) is 71.2 Å². The summed E-state index contributed by atoms with van der Waals surface area (Å²) < 4.78 is 55.9. The topological polar surface area (TPSA) is 272 Å². The number of halogens is 3. The number of aromatic nitrogens is 6. The molecule has 0 atom stereocenters. The van der Waals surface area contributed by atoms with Crippen LogP contribution in [0.5, 0.6) is 17.2 Å². The number of aryl methyl sites for hydroxylation is 1. The van der Waals surface area contributed by atoms with Crippen LogP contribution < -0.4 is 77.1 Å². The molecule has 27 nitrogen and oxygen atoms in total.